The van der Waals surface area contributed by atoms with Gasteiger partial charge in [-0.2, -0.15) is 0 Å². The Balaban J connectivity index is 1.99. The van der Waals surface area contributed by atoms with Gasteiger partial charge in [0.25, 0.3) is 5.56 Å². The van der Waals surface area contributed by atoms with Gasteiger partial charge in [-0.3, -0.25) is 13.9 Å². The summed E-state index contributed by atoms with van der Waals surface area (Å²) >= 11 is 0. The molecular formula is C19H23N3O3. The molecule has 0 aliphatic heterocycles. The second-order valence-electron chi connectivity index (χ2n) is 6.06. The zero-order valence-corrected chi connectivity index (χ0v) is 15.3. The first kappa shape index (κ1) is 18.4. The van der Waals surface area contributed by atoms with Gasteiger partial charge < -0.3 is 9.64 Å². The molecule has 0 aliphatic rings. The van der Waals surface area contributed by atoms with Crippen molar-refractivity contribution in [1.82, 2.24) is 9.13 Å². The summed E-state index contributed by atoms with van der Waals surface area (Å²) < 4.78 is 8.13. The molecule has 0 atom stereocenters. The van der Waals surface area contributed by atoms with Crippen molar-refractivity contribution in [3.63, 3.8) is 0 Å². The molecule has 0 saturated heterocycles. The minimum atomic E-state index is -0.361. The number of anilines is 1. The van der Waals surface area contributed by atoms with E-state index >= 15 is 0 Å². The Morgan fingerprint density at radius 1 is 1.00 bits per heavy atom. The SMILES string of the molecule is Cc1cc(C)cc(OCC#CCN(C)c2cc(=O)n(C)c(=O)n2C)c1. The number of hydrogen-bond donors (Lipinski definition) is 0. The molecule has 1 heterocycles. The molecule has 6 nitrogen and oxygen atoms in total. The molecule has 0 spiro atoms. The lowest BCUT2D eigenvalue weighted by Gasteiger charge is -2.19. The number of rotatable bonds is 4. The lowest BCUT2D eigenvalue weighted by Crippen LogP contribution is -2.39. The van der Waals surface area contributed by atoms with Crippen LogP contribution in [0, 0.1) is 25.7 Å². The fourth-order valence-corrected chi connectivity index (χ4v) is 2.53. The summed E-state index contributed by atoms with van der Waals surface area (Å²) in [6.07, 6.45) is 0. The summed E-state index contributed by atoms with van der Waals surface area (Å²) in [6, 6.07) is 7.45. The highest BCUT2D eigenvalue weighted by atomic mass is 16.5. The topological polar surface area (TPSA) is 56.5 Å². The summed E-state index contributed by atoms with van der Waals surface area (Å²) in [7, 11) is 4.87. The average Bonchev–Trinajstić information content (AvgIpc) is 2.54. The van der Waals surface area contributed by atoms with Crippen molar-refractivity contribution in [2.75, 3.05) is 25.1 Å². The third-order valence-electron chi connectivity index (χ3n) is 3.84. The zero-order chi connectivity index (χ0) is 18.6. The molecule has 0 bridgehead atoms. The van der Waals surface area contributed by atoms with E-state index in [0.29, 0.717) is 12.4 Å². The molecular weight excluding hydrogens is 318 g/mol. The van der Waals surface area contributed by atoms with Crippen LogP contribution in [0.25, 0.3) is 0 Å². The third kappa shape index (κ3) is 4.54. The number of hydrogen-bond acceptors (Lipinski definition) is 4. The Morgan fingerprint density at radius 2 is 1.64 bits per heavy atom. The Hall–Kier alpha value is -2.94. The number of aryl methyl sites for hydroxylation is 2. The molecule has 25 heavy (non-hydrogen) atoms. The maximum absolute atomic E-state index is 11.9. The second kappa shape index (κ2) is 7.75. The van der Waals surface area contributed by atoms with E-state index in [2.05, 4.69) is 17.9 Å². The van der Waals surface area contributed by atoms with Gasteiger partial charge in [-0.25, -0.2) is 4.79 Å². The van der Waals surface area contributed by atoms with Gasteiger partial charge in [-0.15, -0.1) is 0 Å². The van der Waals surface area contributed by atoms with E-state index in [9.17, 15) is 9.59 Å². The summed E-state index contributed by atoms with van der Waals surface area (Å²) in [6.45, 7) is 4.71. The van der Waals surface area contributed by atoms with Crippen LogP contribution in [0.15, 0.2) is 33.9 Å². The molecule has 2 aromatic rings. The highest BCUT2D eigenvalue weighted by Gasteiger charge is 2.08. The molecule has 0 radical (unpaired) electrons. The molecule has 0 unspecified atom stereocenters. The van der Waals surface area contributed by atoms with E-state index in [-0.39, 0.29) is 17.9 Å². The predicted molar refractivity (Wildman–Crippen MR) is 99.4 cm³/mol. The average molecular weight is 341 g/mol. The Morgan fingerprint density at radius 3 is 2.28 bits per heavy atom. The Kier molecular flexibility index (Phi) is 5.71. The van der Waals surface area contributed by atoms with Gasteiger partial charge in [0.05, 0.1) is 6.54 Å². The highest BCUT2D eigenvalue weighted by molar-refractivity contribution is 5.39. The molecule has 6 heteroatoms. The first-order valence-corrected chi connectivity index (χ1v) is 7.94. The van der Waals surface area contributed by atoms with Gasteiger partial charge in [0, 0.05) is 27.2 Å². The van der Waals surface area contributed by atoms with E-state index in [4.69, 9.17) is 4.74 Å². The smallest absolute Gasteiger partial charge is 0.332 e. The third-order valence-corrected chi connectivity index (χ3v) is 3.84. The molecule has 0 fully saturated rings. The van der Waals surface area contributed by atoms with Crippen LogP contribution in [-0.2, 0) is 14.1 Å². The van der Waals surface area contributed by atoms with Crippen LogP contribution >= 0.6 is 0 Å². The first-order valence-electron chi connectivity index (χ1n) is 7.94. The second-order valence-corrected chi connectivity index (χ2v) is 6.06. The number of ether oxygens (including phenoxy) is 1. The van der Waals surface area contributed by atoms with E-state index < -0.39 is 0 Å². The number of benzene rings is 1. The van der Waals surface area contributed by atoms with Crippen LogP contribution in [-0.4, -0.2) is 29.3 Å². The standard InChI is InChI=1S/C19H23N3O3/c1-14-10-15(2)12-16(11-14)25-9-7-6-8-20(3)17-13-18(23)22(5)19(24)21(17)4/h10-13H,8-9H2,1-5H3. The van der Waals surface area contributed by atoms with Gasteiger partial charge in [-0.05, 0) is 37.1 Å². The van der Waals surface area contributed by atoms with Crippen molar-refractivity contribution in [2.45, 2.75) is 13.8 Å². The van der Waals surface area contributed by atoms with E-state index in [1.54, 1.807) is 19.0 Å². The van der Waals surface area contributed by atoms with Crippen LogP contribution in [0.2, 0.25) is 0 Å². The summed E-state index contributed by atoms with van der Waals surface area (Å²) in [5.74, 6) is 7.27. The number of nitrogens with zero attached hydrogens (tertiary/aromatic N) is 3. The monoisotopic (exact) mass is 341 g/mol. The first-order chi connectivity index (χ1) is 11.8. The van der Waals surface area contributed by atoms with Crippen molar-refractivity contribution >= 4 is 5.82 Å². The quantitative estimate of drug-likeness (QED) is 0.785. The van der Waals surface area contributed by atoms with Crippen LogP contribution in [0.5, 0.6) is 5.75 Å². The van der Waals surface area contributed by atoms with E-state index in [0.717, 1.165) is 21.4 Å². The lowest BCUT2D eigenvalue weighted by molar-refractivity contribution is 0.369. The normalized spacial score (nSPS) is 10.1. The molecule has 1 aromatic carbocycles. The van der Waals surface area contributed by atoms with Crippen LogP contribution in [0.3, 0.4) is 0 Å². The summed E-state index contributed by atoms with van der Waals surface area (Å²) in [5, 5.41) is 0. The van der Waals surface area contributed by atoms with E-state index in [1.807, 2.05) is 26.0 Å². The summed E-state index contributed by atoms with van der Waals surface area (Å²) in [4.78, 5) is 25.5. The largest absolute Gasteiger partial charge is 0.481 e. The van der Waals surface area contributed by atoms with Crippen LogP contribution < -0.4 is 20.9 Å². The predicted octanol–water partition coefficient (Wildman–Crippen LogP) is 1.22. The van der Waals surface area contributed by atoms with Gasteiger partial charge in [0.2, 0.25) is 0 Å². The van der Waals surface area contributed by atoms with Gasteiger partial charge in [0.1, 0.15) is 18.2 Å². The van der Waals surface area contributed by atoms with Crippen molar-refractivity contribution < 1.29 is 4.74 Å². The maximum atomic E-state index is 11.9. The van der Waals surface area contributed by atoms with Crippen molar-refractivity contribution in [3.8, 4) is 17.6 Å². The fourth-order valence-electron chi connectivity index (χ4n) is 2.53. The highest BCUT2D eigenvalue weighted by Crippen LogP contribution is 2.15. The lowest BCUT2D eigenvalue weighted by atomic mass is 10.1. The minimum absolute atomic E-state index is 0.284. The molecule has 2 rings (SSSR count). The van der Waals surface area contributed by atoms with Crippen molar-refractivity contribution in [2.24, 2.45) is 14.1 Å². The van der Waals surface area contributed by atoms with Crippen molar-refractivity contribution in [3.05, 3.63) is 56.2 Å². The fraction of sp³-hybridized carbons (Fsp3) is 0.368. The Bertz CT molecular complexity index is 925. The van der Waals surface area contributed by atoms with E-state index in [1.165, 1.54) is 17.7 Å². The van der Waals surface area contributed by atoms with Gasteiger partial charge in [0.15, 0.2) is 0 Å². The molecule has 0 saturated carbocycles. The molecule has 0 amide bonds. The van der Waals surface area contributed by atoms with Crippen LogP contribution in [0.1, 0.15) is 11.1 Å². The molecule has 0 N–H and O–H groups in total. The Labute approximate surface area is 147 Å². The molecule has 132 valence electrons. The van der Waals surface area contributed by atoms with Crippen molar-refractivity contribution in [1.29, 1.82) is 0 Å². The molecule has 0 aliphatic carbocycles. The zero-order valence-electron chi connectivity index (χ0n) is 15.3. The van der Waals surface area contributed by atoms with Gasteiger partial charge >= 0.3 is 5.69 Å². The molecule has 1 aromatic heterocycles. The number of aromatic nitrogens is 2. The minimum Gasteiger partial charge on any atom is -0.481 e. The summed E-state index contributed by atoms with van der Waals surface area (Å²) in [5.41, 5.74) is 1.60. The van der Waals surface area contributed by atoms with Crippen LogP contribution in [0.4, 0.5) is 5.82 Å². The van der Waals surface area contributed by atoms with Gasteiger partial charge in [-0.1, -0.05) is 17.9 Å². The maximum Gasteiger partial charge on any atom is 0.332 e.